The lowest BCUT2D eigenvalue weighted by atomic mass is 10.2. The van der Waals surface area contributed by atoms with Gasteiger partial charge in [0.25, 0.3) is 0 Å². The summed E-state index contributed by atoms with van der Waals surface area (Å²) in [5, 5.41) is 8.44. The van der Waals surface area contributed by atoms with E-state index in [1.807, 2.05) is 6.92 Å². The predicted octanol–water partition coefficient (Wildman–Crippen LogP) is 0.235. The minimum Gasteiger partial charge on any atom is -0.391 e. The number of hydrogen-bond acceptors (Lipinski definition) is 5. The van der Waals surface area contributed by atoms with Gasteiger partial charge >= 0.3 is 0 Å². The summed E-state index contributed by atoms with van der Waals surface area (Å²) in [6.07, 6.45) is -1.35. The molecule has 0 saturated carbocycles. The molecule has 106 valence electrons. The van der Waals surface area contributed by atoms with E-state index in [2.05, 4.69) is 0 Å². The van der Waals surface area contributed by atoms with Crippen LogP contribution in [0.3, 0.4) is 0 Å². The molecule has 1 aliphatic rings. The van der Waals surface area contributed by atoms with Gasteiger partial charge < -0.3 is 5.11 Å². The maximum Gasteiger partial charge on any atom is 0.185 e. The first kappa shape index (κ1) is 14.5. The van der Waals surface area contributed by atoms with Crippen molar-refractivity contribution in [2.24, 2.45) is 0 Å². The predicted molar refractivity (Wildman–Crippen MR) is 71.6 cm³/mol. The molecular weight excluding hydrogens is 288 g/mol. The van der Waals surface area contributed by atoms with Crippen LogP contribution < -0.4 is 0 Å². The highest BCUT2D eigenvalue weighted by Gasteiger charge is 2.45. The van der Waals surface area contributed by atoms with Gasteiger partial charge in [-0.3, -0.25) is 0 Å². The average molecular weight is 304 g/mol. The maximum atomic E-state index is 12.4. The summed E-state index contributed by atoms with van der Waals surface area (Å²) in [7, 11) is -7.32. The lowest BCUT2D eigenvalue weighted by Gasteiger charge is -2.16. The molecule has 0 radical (unpaired) electrons. The molecule has 2 rings (SSSR count). The first-order chi connectivity index (χ1) is 8.63. The van der Waals surface area contributed by atoms with Gasteiger partial charge in [-0.05, 0) is 25.5 Å². The number of sulfone groups is 2. The third kappa shape index (κ3) is 2.68. The fraction of sp³-hybridized carbons (Fsp3) is 0.500. The minimum atomic E-state index is -3.84. The summed E-state index contributed by atoms with van der Waals surface area (Å²) in [4.78, 5) is 0.0965. The second-order valence-electron chi connectivity index (χ2n) is 5.00. The summed E-state index contributed by atoms with van der Waals surface area (Å²) in [5.41, 5.74) is 1.49. The van der Waals surface area contributed by atoms with Crippen LogP contribution in [0.15, 0.2) is 23.1 Å². The van der Waals surface area contributed by atoms with Gasteiger partial charge in [0, 0.05) is 0 Å². The van der Waals surface area contributed by atoms with Crippen LogP contribution in [0.25, 0.3) is 0 Å². The zero-order valence-corrected chi connectivity index (χ0v) is 12.3. The molecule has 1 saturated heterocycles. The van der Waals surface area contributed by atoms with Crippen LogP contribution in [-0.4, -0.2) is 44.8 Å². The standard InChI is InChI=1S/C12H16O5S2/c1-8-3-4-11(9(2)5-8)19(16,17)12-7-18(14,15)6-10(12)13/h3-5,10,12-13H,6-7H2,1-2H3/t10-,12+/m1/s1. The maximum absolute atomic E-state index is 12.4. The fourth-order valence-electron chi connectivity index (χ4n) is 2.37. The van der Waals surface area contributed by atoms with E-state index >= 15 is 0 Å². The molecule has 1 aromatic carbocycles. The van der Waals surface area contributed by atoms with Crippen molar-refractivity contribution in [3.8, 4) is 0 Å². The van der Waals surface area contributed by atoms with Crippen LogP contribution in [0.2, 0.25) is 0 Å². The topological polar surface area (TPSA) is 88.5 Å². The highest BCUT2D eigenvalue weighted by molar-refractivity contribution is 7.96. The van der Waals surface area contributed by atoms with Crippen LogP contribution in [0.1, 0.15) is 11.1 Å². The Morgan fingerprint density at radius 2 is 1.84 bits per heavy atom. The summed E-state index contributed by atoms with van der Waals surface area (Å²) >= 11 is 0. The number of aliphatic hydroxyl groups is 1. The molecule has 0 amide bonds. The Kier molecular flexibility index (Phi) is 3.49. The zero-order valence-electron chi connectivity index (χ0n) is 10.7. The molecule has 0 aromatic heterocycles. The molecule has 1 N–H and O–H groups in total. The second kappa shape index (κ2) is 4.57. The molecule has 5 nitrogen and oxygen atoms in total. The van der Waals surface area contributed by atoms with Gasteiger partial charge in [-0.1, -0.05) is 17.7 Å². The molecule has 0 spiro atoms. The summed E-state index contributed by atoms with van der Waals surface area (Å²) in [6, 6.07) is 4.86. The van der Waals surface area contributed by atoms with Gasteiger partial charge in [-0.2, -0.15) is 0 Å². The van der Waals surface area contributed by atoms with E-state index < -0.39 is 42.5 Å². The van der Waals surface area contributed by atoms with E-state index in [0.29, 0.717) is 5.56 Å². The second-order valence-corrected chi connectivity index (χ2v) is 9.29. The number of aryl methyl sites for hydroxylation is 2. The Bertz CT molecular complexity index is 704. The van der Waals surface area contributed by atoms with E-state index in [4.69, 9.17) is 0 Å². The van der Waals surface area contributed by atoms with E-state index in [1.165, 1.54) is 6.07 Å². The normalized spacial score (nSPS) is 26.5. The molecule has 1 fully saturated rings. The van der Waals surface area contributed by atoms with Crippen LogP contribution in [0, 0.1) is 13.8 Å². The van der Waals surface area contributed by atoms with Gasteiger partial charge in [0.2, 0.25) is 0 Å². The van der Waals surface area contributed by atoms with Crippen LogP contribution in [0.5, 0.6) is 0 Å². The third-order valence-corrected chi connectivity index (χ3v) is 7.58. The first-order valence-electron chi connectivity index (χ1n) is 5.83. The molecule has 1 aliphatic heterocycles. The number of benzene rings is 1. The highest BCUT2D eigenvalue weighted by Crippen LogP contribution is 2.28. The lowest BCUT2D eigenvalue weighted by Crippen LogP contribution is -2.33. The van der Waals surface area contributed by atoms with Gasteiger partial charge in [0.05, 0.1) is 22.5 Å². The van der Waals surface area contributed by atoms with E-state index in [-0.39, 0.29) is 4.90 Å². The molecule has 7 heteroatoms. The first-order valence-corrected chi connectivity index (χ1v) is 9.20. The van der Waals surface area contributed by atoms with Crippen molar-refractivity contribution >= 4 is 19.7 Å². The van der Waals surface area contributed by atoms with Gasteiger partial charge in [-0.15, -0.1) is 0 Å². The zero-order chi connectivity index (χ0) is 14.4. The number of hydrogen-bond donors (Lipinski definition) is 1. The highest BCUT2D eigenvalue weighted by atomic mass is 32.2. The van der Waals surface area contributed by atoms with Crippen molar-refractivity contribution in [1.29, 1.82) is 0 Å². The van der Waals surface area contributed by atoms with Crippen molar-refractivity contribution in [1.82, 2.24) is 0 Å². The largest absolute Gasteiger partial charge is 0.391 e. The van der Waals surface area contributed by atoms with Crippen LogP contribution in [-0.2, 0) is 19.7 Å². The van der Waals surface area contributed by atoms with Gasteiger partial charge in [0.15, 0.2) is 19.7 Å². The Hall–Kier alpha value is -0.920. The third-order valence-electron chi connectivity index (χ3n) is 3.31. The molecule has 19 heavy (non-hydrogen) atoms. The Labute approximate surface area is 113 Å². The van der Waals surface area contributed by atoms with Crippen molar-refractivity contribution in [2.45, 2.75) is 30.1 Å². The number of aliphatic hydroxyl groups excluding tert-OH is 1. The Balaban J connectivity index is 2.49. The van der Waals surface area contributed by atoms with Crippen molar-refractivity contribution in [3.05, 3.63) is 29.3 Å². The molecule has 0 unspecified atom stereocenters. The summed E-state index contributed by atoms with van der Waals surface area (Å²) in [6.45, 7) is 3.51. The molecule has 0 aliphatic carbocycles. The smallest absolute Gasteiger partial charge is 0.185 e. The van der Waals surface area contributed by atoms with Gasteiger partial charge in [-0.25, -0.2) is 16.8 Å². The molecule has 0 bridgehead atoms. The molecular formula is C12H16O5S2. The lowest BCUT2D eigenvalue weighted by molar-refractivity contribution is 0.204. The monoisotopic (exact) mass is 304 g/mol. The fourth-order valence-corrected chi connectivity index (χ4v) is 7.05. The van der Waals surface area contributed by atoms with E-state index in [9.17, 15) is 21.9 Å². The Morgan fingerprint density at radius 3 is 2.32 bits per heavy atom. The van der Waals surface area contributed by atoms with Crippen LogP contribution >= 0.6 is 0 Å². The van der Waals surface area contributed by atoms with Gasteiger partial charge in [0.1, 0.15) is 5.25 Å². The quantitative estimate of drug-likeness (QED) is 0.845. The van der Waals surface area contributed by atoms with E-state index in [1.54, 1.807) is 19.1 Å². The Morgan fingerprint density at radius 1 is 1.21 bits per heavy atom. The number of rotatable bonds is 2. The molecule has 1 heterocycles. The molecule has 1 aromatic rings. The minimum absolute atomic E-state index is 0.0965. The van der Waals surface area contributed by atoms with Crippen molar-refractivity contribution < 1.29 is 21.9 Å². The van der Waals surface area contributed by atoms with Crippen molar-refractivity contribution in [2.75, 3.05) is 11.5 Å². The molecule has 2 atom stereocenters. The summed E-state index contributed by atoms with van der Waals surface area (Å²) in [5.74, 6) is -0.994. The summed E-state index contributed by atoms with van der Waals surface area (Å²) < 4.78 is 47.8. The van der Waals surface area contributed by atoms with E-state index in [0.717, 1.165) is 5.56 Å². The van der Waals surface area contributed by atoms with Crippen LogP contribution in [0.4, 0.5) is 0 Å². The SMILES string of the molecule is Cc1ccc(S(=O)(=O)[C@H]2CS(=O)(=O)C[C@H]2O)c(C)c1. The average Bonchev–Trinajstić information content (AvgIpc) is 2.52. The van der Waals surface area contributed by atoms with Crippen molar-refractivity contribution in [3.63, 3.8) is 0 Å².